The normalized spacial score (nSPS) is 10.8. The number of hydrogen-bond donors (Lipinski definition) is 0. The fraction of sp³-hybridized carbons (Fsp3) is 0. The molecule has 0 aromatic carbocycles. The quantitative estimate of drug-likeness (QED) is 0.665. The Morgan fingerprint density at radius 2 is 2.31 bits per heavy atom. The van der Waals surface area contributed by atoms with Gasteiger partial charge in [0.15, 0.2) is 5.82 Å². The molecule has 2 nitrogen and oxygen atoms in total. The van der Waals surface area contributed by atoms with Crippen molar-refractivity contribution in [3.05, 3.63) is 46.8 Å². The predicted octanol–water partition coefficient (Wildman–Crippen LogP) is 2.89. The van der Waals surface area contributed by atoms with Crippen LogP contribution in [0.25, 0.3) is 0 Å². The molecule has 3 heteroatoms. The Morgan fingerprint density at radius 3 is 3.00 bits per heavy atom. The average Bonchev–Trinajstić information content (AvgIpc) is 2.69. The maximum absolute atomic E-state index is 4.22. The van der Waals surface area contributed by atoms with E-state index in [2.05, 4.69) is 9.98 Å². The lowest BCUT2D eigenvalue weighted by atomic mass is 10.4. The van der Waals surface area contributed by atoms with Crippen LogP contribution in [0.4, 0.5) is 5.82 Å². The highest BCUT2D eigenvalue weighted by Gasteiger charge is 1.87. The van der Waals surface area contributed by atoms with Crippen molar-refractivity contribution in [2.24, 2.45) is 4.99 Å². The number of nitrogens with zero attached hydrogens (tertiary/aromatic N) is 2. The minimum atomic E-state index is 0.744. The molecule has 0 spiro atoms. The molecule has 0 saturated carbocycles. The monoisotopic (exact) mass is 188 g/mol. The lowest BCUT2D eigenvalue weighted by Gasteiger charge is -1.88. The third kappa shape index (κ3) is 2.23. The van der Waals surface area contributed by atoms with E-state index >= 15 is 0 Å². The Morgan fingerprint density at radius 1 is 1.31 bits per heavy atom. The molecule has 0 radical (unpaired) electrons. The van der Waals surface area contributed by atoms with E-state index in [1.807, 2.05) is 41.2 Å². The molecule has 2 aromatic heterocycles. The van der Waals surface area contributed by atoms with Gasteiger partial charge in [-0.05, 0) is 29.0 Å². The smallest absolute Gasteiger partial charge is 0.151 e. The first kappa shape index (κ1) is 8.13. The molecule has 2 heterocycles. The summed E-state index contributed by atoms with van der Waals surface area (Å²) in [6.07, 6.45) is 3.55. The molecule has 64 valence electrons. The van der Waals surface area contributed by atoms with E-state index in [1.54, 1.807) is 17.5 Å². The molecule has 2 aromatic rings. The Hall–Kier alpha value is -1.48. The van der Waals surface area contributed by atoms with E-state index < -0.39 is 0 Å². The minimum absolute atomic E-state index is 0.744. The van der Waals surface area contributed by atoms with Gasteiger partial charge in [0, 0.05) is 18.0 Å². The summed E-state index contributed by atoms with van der Waals surface area (Å²) in [5.74, 6) is 0.744. The van der Waals surface area contributed by atoms with Crippen molar-refractivity contribution in [2.75, 3.05) is 0 Å². The Labute approximate surface area is 80.6 Å². The molecular weight excluding hydrogens is 180 g/mol. The molecule has 0 fully saturated rings. The van der Waals surface area contributed by atoms with Crippen LogP contribution in [0.1, 0.15) is 5.56 Å². The molecule has 0 unspecified atom stereocenters. The van der Waals surface area contributed by atoms with Crippen LogP contribution in [0.3, 0.4) is 0 Å². The Kier molecular flexibility index (Phi) is 2.48. The number of thiophene rings is 1. The van der Waals surface area contributed by atoms with Crippen LogP contribution in [0.2, 0.25) is 0 Å². The van der Waals surface area contributed by atoms with Crippen LogP contribution >= 0.6 is 11.3 Å². The Bertz CT molecular complexity index is 379. The van der Waals surface area contributed by atoms with Crippen LogP contribution < -0.4 is 0 Å². The van der Waals surface area contributed by atoms with E-state index in [0.717, 1.165) is 11.4 Å². The third-order valence-electron chi connectivity index (χ3n) is 1.54. The number of aliphatic imine (C=N–C) groups is 1. The standard InChI is InChI=1S/C10H8N2S/c1-2-5-11-10(3-1)12-7-9-4-6-13-8-9/h1-8H. The Balaban J connectivity index is 2.15. The van der Waals surface area contributed by atoms with Gasteiger partial charge in [-0.25, -0.2) is 9.98 Å². The van der Waals surface area contributed by atoms with Gasteiger partial charge in [-0.3, -0.25) is 0 Å². The number of aromatic nitrogens is 1. The van der Waals surface area contributed by atoms with Gasteiger partial charge in [0.1, 0.15) is 0 Å². The van der Waals surface area contributed by atoms with Gasteiger partial charge >= 0.3 is 0 Å². The first-order valence-electron chi connectivity index (χ1n) is 3.92. The fourth-order valence-corrected chi connectivity index (χ4v) is 1.53. The fourth-order valence-electron chi connectivity index (χ4n) is 0.919. The highest BCUT2D eigenvalue weighted by Crippen LogP contribution is 2.07. The van der Waals surface area contributed by atoms with Crippen molar-refractivity contribution in [3.63, 3.8) is 0 Å². The first-order valence-corrected chi connectivity index (χ1v) is 4.87. The molecule has 0 aliphatic carbocycles. The molecule has 0 atom stereocenters. The van der Waals surface area contributed by atoms with Crippen LogP contribution in [0, 0.1) is 0 Å². The van der Waals surface area contributed by atoms with E-state index in [4.69, 9.17) is 0 Å². The largest absolute Gasteiger partial charge is 0.237 e. The van der Waals surface area contributed by atoms with E-state index in [-0.39, 0.29) is 0 Å². The van der Waals surface area contributed by atoms with Gasteiger partial charge < -0.3 is 0 Å². The summed E-state index contributed by atoms with van der Waals surface area (Å²) in [4.78, 5) is 8.30. The lowest BCUT2D eigenvalue weighted by molar-refractivity contribution is 1.28. The van der Waals surface area contributed by atoms with Crippen molar-refractivity contribution in [3.8, 4) is 0 Å². The molecule has 0 aliphatic rings. The van der Waals surface area contributed by atoms with Crippen molar-refractivity contribution in [1.82, 2.24) is 4.98 Å². The van der Waals surface area contributed by atoms with Crippen molar-refractivity contribution in [2.45, 2.75) is 0 Å². The summed E-state index contributed by atoms with van der Waals surface area (Å²) >= 11 is 1.66. The summed E-state index contributed by atoms with van der Waals surface area (Å²) in [5.41, 5.74) is 1.12. The molecule has 0 aliphatic heterocycles. The van der Waals surface area contributed by atoms with Gasteiger partial charge in [-0.2, -0.15) is 11.3 Å². The first-order chi connectivity index (χ1) is 6.45. The zero-order valence-corrected chi connectivity index (χ0v) is 7.74. The van der Waals surface area contributed by atoms with Crippen LogP contribution in [-0.2, 0) is 0 Å². The minimum Gasteiger partial charge on any atom is -0.237 e. The lowest BCUT2D eigenvalue weighted by Crippen LogP contribution is -1.75. The SMILES string of the molecule is C(=Nc1ccccn1)c1ccsc1. The zero-order chi connectivity index (χ0) is 8.93. The highest BCUT2D eigenvalue weighted by atomic mass is 32.1. The second-order valence-corrected chi connectivity index (χ2v) is 3.28. The third-order valence-corrected chi connectivity index (χ3v) is 2.24. The van der Waals surface area contributed by atoms with Gasteiger partial charge in [0.05, 0.1) is 0 Å². The molecule has 0 amide bonds. The average molecular weight is 188 g/mol. The molecule has 0 bridgehead atoms. The van der Waals surface area contributed by atoms with E-state index in [0.29, 0.717) is 0 Å². The molecule has 0 N–H and O–H groups in total. The topological polar surface area (TPSA) is 25.2 Å². The molecular formula is C10H8N2S. The molecule has 13 heavy (non-hydrogen) atoms. The maximum Gasteiger partial charge on any atom is 0.151 e. The number of hydrogen-bond acceptors (Lipinski definition) is 3. The number of rotatable bonds is 2. The summed E-state index contributed by atoms with van der Waals surface area (Å²) in [5, 5.41) is 4.08. The summed E-state index contributed by atoms with van der Waals surface area (Å²) in [6, 6.07) is 7.71. The summed E-state index contributed by atoms with van der Waals surface area (Å²) < 4.78 is 0. The van der Waals surface area contributed by atoms with Gasteiger partial charge in [0.25, 0.3) is 0 Å². The second kappa shape index (κ2) is 3.96. The van der Waals surface area contributed by atoms with Crippen LogP contribution in [0.15, 0.2) is 46.2 Å². The van der Waals surface area contributed by atoms with Gasteiger partial charge in [-0.1, -0.05) is 6.07 Å². The van der Waals surface area contributed by atoms with Crippen molar-refractivity contribution in [1.29, 1.82) is 0 Å². The highest BCUT2D eigenvalue weighted by molar-refractivity contribution is 7.08. The van der Waals surface area contributed by atoms with E-state index in [1.165, 1.54) is 0 Å². The molecule has 2 rings (SSSR count). The second-order valence-electron chi connectivity index (χ2n) is 2.50. The van der Waals surface area contributed by atoms with E-state index in [9.17, 15) is 0 Å². The van der Waals surface area contributed by atoms with Crippen LogP contribution in [0.5, 0.6) is 0 Å². The maximum atomic E-state index is 4.22. The molecule has 0 saturated heterocycles. The zero-order valence-electron chi connectivity index (χ0n) is 6.92. The van der Waals surface area contributed by atoms with Gasteiger partial charge in [0.2, 0.25) is 0 Å². The summed E-state index contributed by atoms with van der Waals surface area (Å²) in [7, 11) is 0. The predicted molar refractivity (Wildman–Crippen MR) is 55.8 cm³/mol. The summed E-state index contributed by atoms with van der Waals surface area (Å²) in [6.45, 7) is 0. The van der Waals surface area contributed by atoms with Crippen LogP contribution in [-0.4, -0.2) is 11.2 Å². The van der Waals surface area contributed by atoms with Crippen molar-refractivity contribution >= 4 is 23.4 Å². The van der Waals surface area contributed by atoms with Gasteiger partial charge in [-0.15, -0.1) is 0 Å². The number of pyridine rings is 1. The van der Waals surface area contributed by atoms with Crippen molar-refractivity contribution < 1.29 is 0 Å².